The summed E-state index contributed by atoms with van der Waals surface area (Å²) in [5.41, 5.74) is 2.36. The molecule has 1 amide bonds. The molecule has 4 heteroatoms. The van der Waals surface area contributed by atoms with Gasteiger partial charge in [-0.15, -0.1) is 0 Å². The fraction of sp³-hybridized carbons (Fsp3) is 0.316. The number of hydrogen-bond acceptors (Lipinski definition) is 3. The van der Waals surface area contributed by atoms with Gasteiger partial charge >= 0.3 is 0 Å². The summed E-state index contributed by atoms with van der Waals surface area (Å²) in [6, 6.07) is 15.5. The second-order valence-electron chi connectivity index (χ2n) is 5.32. The summed E-state index contributed by atoms with van der Waals surface area (Å²) < 4.78 is 10.7. The molecule has 0 bridgehead atoms. The van der Waals surface area contributed by atoms with E-state index >= 15 is 0 Å². The van der Waals surface area contributed by atoms with E-state index in [9.17, 15) is 4.79 Å². The maximum absolute atomic E-state index is 12.0. The van der Waals surface area contributed by atoms with E-state index in [-0.39, 0.29) is 18.6 Å². The Morgan fingerprint density at radius 2 is 1.74 bits per heavy atom. The maximum Gasteiger partial charge on any atom is 0.258 e. The van der Waals surface area contributed by atoms with Gasteiger partial charge in [0.1, 0.15) is 0 Å². The van der Waals surface area contributed by atoms with Gasteiger partial charge in [0.2, 0.25) is 0 Å². The number of para-hydroxylation sites is 2. The molecule has 0 fully saturated rings. The standard InChI is InChI=1S/C19H23NO3/c1-4-15-9-11-16(12-10-15)14(2)20-19(21)13-23-18-8-6-5-7-17(18)22-3/h5-12,14H,4,13H2,1-3H3,(H,20,21)/t14-/m1/s1. The van der Waals surface area contributed by atoms with Gasteiger partial charge in [-0.05, 0) is 36.6 Å². The summed E-state index contributed by atoms with van der Waals surface area (Å²) in [4.78, 5) is 12.0. The van der Waals surface area contributed by atoms with Crippen molar-refractivity contribution in [1.82, 2.24) is 5.32 Å². The van der Waals surface area contributed by atoms with Crippen LogP contribution in [0, 0.1) is 0 Å². The van der Waals surface area contributed by atoms with E-state index in [0.717, 1.165) is 12.0 Å². The molecule has 2 aromatic carbocycles. The number of aryl methyl sites for hydroxylation is 1. The molecule has 4 nitrogen and oxygen atoms in total. The molecule has 0 spiro atoms. The molecular formula is C19H23NO3. The minimum absolute atomic E-state index is 0.0439. The Hall–Kier alpha value is -2.49. The average molecular weight is 313 g/mol. The summed E-state index contributed by atoms with van der Waals surface area (Å²) in [7, 11) is 1.57. The van der Waals surface area contributed by atoms with Gasteiger partial charge in [0.05, 0.1) is 13.2 Å². The SMILES string of the molecule is CCc1ccc([C@@H](C)NC(=O)COc2ccccc2OC)cc1. The molecule has 0 radical (unpaired) electrons. The molecule has 2 aromatic rings. The van der Waals surface area contributed by atoms with E-state index < -0.39 is 0 Å². The van der Waals surface area contributed by atoms with Gasteiger partial charge in [-0.3, -0.25) is 4.79 Å². The lowest BCUT2D eigenvalue weighted by atomic mass is 10.1. The highest BCUT2D eigenvalue weighted by Gasteiger charge is 2.11. The lowest BCUT2D eigenvalue weighted by Crippen LogP contribution is -2.31. The molecule has 0 aliphatic rings. The van der Waals surface area contributed by atoms with Crippen molar-refractivity contribution in [3.63, 3.8) is 0 Å². The van der Waals surface area contributed by atoms with Gasteiger partial charge < -0.3 is 14.8 Å². The van der Waals surface area contributed by atoms with Gasteiger partial charge in [0.15, 0.2) is 18.1 Å². The van der Waals surface area contributed by atoms with Crippen LogP contribution in [0.2, 0.25) is 0 Å². The normalized spacial score (nSPS) is 11.6. The van der Waals surface area contributed by atoms with Crippen molar-refractivity contribution in [2.45, 2.75) is 26.3 Å². The van der Waals surface area contributed by atoms with Crippen LogP contribution in [-0.4, -0.2) is 19.6 Å². The number of amides is 1. The summed E-state index contributed by atoms with van der Waals surface area (Å²) in [6.45, 7) is 4.04. The van der Waals surface area contributed by atoms with Crippen LogP contribution in [0.15, 0.2) is 48.5 Å². The lowest BCUT2D eigenvalue weighted by molar-refractivity contribution is -0.123. The van der Waals surface area contributed by atoms with E-state index in [1.807, 2.05) is 31.2 Å². The van der Waals surface area contributed by atoms with Crippen LogP contribution in [0.4, 0.5) is 0 Å². The molecule has 2 rings (SSSR count). The Morgan fingerprint density at radius 3 is 2.35 bits per heavy atom. The highest BCUT2D eigenvalue weighted by molar-refractivity contribution is 5.78. The summed E-state index contributed by atoms with van der Waals surface area (Å²) >= 11 is 0. The van der Waals surface area contributed by atoms with Crippen LogP contribution in [0.1, 0.15) is 31.0 Å². The van der Waals surface area contributed by atoms with Gasteiger partial charge in [0, 0.05) is 0 Å². The number of hydrogen-bond donors (Lipinski definition) is 1. The number of rotatable bonds is 7. The van der Waals surface area contributed by atoms with Crippen molar-refractivity contribution in [1.29, 1.82) is 0 Å². The highest BCUT2D eigenvalue weighted by Crippen LogP contribution is 2.25. The van der Waals surface area contributed by atoms with Gasteiger partial charge in [-0.25, -0.2) is 0 Å². The van der Waals surface area contributed by atoms with Crippen molar-refractivity contribution in [2.75, 3.05) is 13.7 Å². The second kappa shape index (κ2) is 8.22. The first kappa shape index (κ1) is 16.9. The zero-order valence-corrected chi connectivity index (χ0v) is 13.8. The molecule has 23 heavy (non-hydrogen) atoms. The molecule has 0 aliphatic carbocycles. The molecule has 1 atom stereocenters. The quantitative estimate of drug-likeness (QED) is 0.851. The minimum Gasteiger partial charge on any atom is -0.493 e. The molecule has 0 saturated carbocycles. The number of carbonyl (C=O) groups is 1. The fourth-order valence-corrected chi connectivity index (χ4v) is 2.29. The predicted molar refractivity (Wildman–Crippen MR) is 90.9 cm³/mol. The van der Waals surface area contributed by atoms with Crippen molar-refractivity contribution in [2.24, 2.45) is 0 Å². The van der Waals surface area contributed by atoms with Crippen LogP contribution in [0.5, 0.6) is 11.5 Å². The van der Waals surface area contributed by atoms with E-state index in [1.54, 1.807) is 19.2 Å². The van der Waals surface area contributed by atoms with E-state index in [1.165, 1.54) is 5.56 Å². The molecule has 0 heterocycles. The summed E-state index contributed by atoms with van der Waals surface area (Å²) in [5, 5.41) is 2.94. The number of methoxy groups -OCH3 is 1. The number of ether oxygens (including phenoxy) is 2. The number of carbonyl (C=O) groups excluding carboxylic acids is 1. The Morgan fingerprint density at radius 1 is 1.09 bits per heavy atom. The molecular weight excluding hydrogens is 290 g/mol. The Kier molecular flexibility index (Phi) is 6.03. The Bertz CT molecular complexity index is 637. The van der Waals surface area contributed by atoms with E-state index in [4.69, 9.17) is 9.47 Å². The number of nitrogens with one attached hydrogen (secondary N) is 1. The predicted octanol–water partition coefficient (Wildman–Crippen LogP) is 3.51. The third-order valence-corrected chi connectivity index (χ3v) is 3.69. The largest absolute Gasteiger partial charge is 0.493 e. The average Bonchev–Trinajstić information content (AvgIpc) is 2.60. The molecule has 1 N–H and O–H groups in total. The van der Waals surface area contributed by atoms with Crippen molar-refractivity contribution in [3.8, 4) is 11.5 Å². The van der Waals surface area contributed by atoms with Gasteiger partial charge in [-0.1, -0.05) is 43.3 Å². The maximum atomic E-state index is 12.0. The highest BCUT2D eigenvalue weighted by atomic mass is 16.5. The topological polar surface area (TPSA) is 47.6 Å². The van der Waals surface area contributed by atoms with Crippen molar-refractivity contribution in [3.05, 3.63) is 59.7 Å². The van der Waals surface area contributed by atoms with Crippen LogP contribution >= 0.6 is 0 Å². The zero-order valence-electron chi connectivity index (χ0n) is 13.8. The fourth-order valence-electron chi connectivity index (χ4n) is 2.29. The first-order valence-electron chi connectivity index (χ1n) is 7.78. The minimum atomic E-state index is -0.164. The monoisotopic (exact) mass is 313 g/mol. The van der Waals surface area contributed by atoms with Crippen LogP contribution in [-0.2, 0) is 11.2 Å². The van der Waals surface area contributed by atoms with Crippen molar-refractivity contribution >= 4 is 5.91 Å². The Balaban J connectivity index is 1.88. The lowest BCUT2D eigenvalue weighted by Gasteiger charge is -2.16. The zero-order chi connectivity index (χ0) is 16.7. The second-order valence-corrected chi connectivity index (χ2v) is 5.32. The molecule has 0 aromatic heterocycles. The molecule has 0 saturated heterocycles. The third-order valence-electron chi connectivity index (χ3n) is 3.69. The third kappa shape index (κ3) is 4.74. The molecule has 122 valence electrons. The van der Waals surface area contributed by atoms with Crippen LogP contribution in [0.25, 0.3) is 0 Å². The summed E-state index contributed by atoms with van der Waals surface area (Å²) in [5.74, 6) is 1.01. The number of benzene rings is 2. The first-order chi connectivity index (χ1) is 11.1. The van der Waals surface area contributed by atoms with Crippen LogP contribution < -0.4 is 14.8 Å². The van der Waals surface area contributed by atoms with E-state index in [0.29, 0.717) is 11.5 Å². The van der Waals surface area contributed by atoms with Gasteiger partial charge in [-0.2, -0.15) is 0 Å². The molecule has 0 aliphatic heterocycles. The van der Waals surface area contributed by atoms with Gasteiger partial charge in [0.25, 0.3) is 5.91 Å². The smallest absolute Gasteiger partial charge is 0.258 e. The van der Waals surface area contributed by atoms with Crippen molar-refractivity contribution < 1.29 is 14.3 Å². The summed E-state index contributed by atoms with van der Waals surface area (Å²) in [6.07, 6.45) is 1.01. The Labute approximate surface area is 137 Å². The van der Waals surface area contributed by atoms with Crippen LogP contribution in [0.3, 0.4) is 0 Å². The van der Waals surface area contributed by atoms with E-state index in [2.05, 4.69) is 24.4 Å². The molecule has 0 unspecified atom stereocenters. The first-order valence-corrected chi connectivity index (χ1v) is 7.78.